The van der Waals surface area contributed by atoms with Crippen molar-refractivity contribution in [3.8, 4) is 5.75 Å². The van der Waals surface area contributed by atoms with Gasteiger partial charge in [-0.2, -0.15) is 0 Å². The van der Waals surface area contributed by atoms with Gasteiger partial charge < -0.3 is 19.2 Å². The summed E-state index contributed by atoms with van der Waals surface area (Å²) >= 11 is 0. The number of carbonyl (C=O) groups is 2. The first-order valence-corrected chi connectivity index (χ1v) is 8.99. The van der Waals surface area contributed by atoms with E-state index in [-0.39, 0.29) is 18.6 Å². The molecular weight excluding hydrogens is 348 g/mol. The minimum absolute atomic E-state index is 0.0613. The standard InChI is InChI=1S/C20H24N2O5/c1-15-6-7-19(27-15)17(22-8-10-25-11-9-22)12-21-20(24)14-26-18-5-3-2-4-16(18)13-23/h2-7,13,17H,8-12,14H2,1H3,(H,21,24). The third-order valence-corrected chi connectivity index (χ3v) is 4.47. The van der Waals surface area contributed by atoms with Crippen molar-refractivity contribution < 1.29 is 23.5 Å². The van der Waals surface area contributed by atoms with Gasteiger partial charge in [-0.1, -0.05) is 12.1 Å². The maximum absolute atomic E-state index is 12.2. The number of furan rings is 1. The van der Waals surface area contributed by atoms with E-state index in [2.05, 4.69) is 10.2 Å². The Morgan fingerprint density at radius 3 is 2.74 bits per heavy atom. The summed E-state index contributed by atoms with van der Waals surface area (Å²) < 4.78 is 16.7. The topological polar surface area (TPSA) is 81.0 Å². The third-order valence-electron chi connectivity index (χ3n) is 4.47. The summed E-state index contributed by atoms with van der Waals surface area (Å²) in [4.78, 5) is 25.5. The Morgan fingerprint density at radius 1 is 1.26 bits per heavy atom. The Balaban J connectivity index is 1.57. The number of para-hydroxylation sites is 1. The number of carbonyl (C=O) groups excluding carboxylic acids is 2. The molecule has 1 unspecified atom stereocenters. The van der Waals surface area contributed by atoms with E-state index < -0.39 is 0 Å². The van der Waals surface area contributed by atoms with E-state index in [1.807, 2.05) is 19.1 Å². The second kappa shape index (κ2) is 9.34. The SMILES string of the molecule is Cc1ccc(C(CNC(=O)COc2ccccc2C=O)N2CCOCC2)o1. The molecule has 7 nitrogen and oxygen atoms in total. The molecule has 3 rings (SSSR count). The molecule has 1 aromatic carbocycles. The molecule has 1 aliphatic heterocycles. The zero-order chi connectivity index (χ0) is 19.1. The summed E-state index contributed by atoms with van der Waals surface area (Å²) in [5.74, 6) is 1.80. The molecule has 2 heterocycles. The summed E-state index contributed by atoms with van der Waals surface area (Å²) in [6.07, 6.45) is 0.709. The van der Waals surface area contributed by atoms with Gasteiger partial charge in [0.15, 0.2) is 12.9 Å². The van der Waals surface area contributed by atoms with Crippen LogP contribution in [0.3, 0.4) is 0 Å². The van der Waals surface area contributed by atoms with Crippen molar-refractivity contribution in [1.29, 1.82) is 0 Å². The highest BCUT2D eigenvalue weighted by molar-refractivity contribution is 5.80. The molecule has 2 aromatic rings. The van der Waals surface area contributed by atoms with Crippen molar-refractivity contribution in [2.45, 2.75) is 13.0 Å². The van der Waals surface area contributed by atoms with Crippen LogP contribution in [0, 0.1) is 6.92 Å². The average Bonchev–Trinajstić information content (AvgIpc) is 3.13. The molecule has 1 aromatic heterocycles. The summed E-state index contributed by atoms with van der Waals surface area (Å²) in [5, 5.41) is 2.90. The first-order valence-electron chi connectivity index (χ1n) is 8.99. The fourth-order valence-electron chi connectivity index (χ4n) is 3.05. The van der Waals surface area contributed by atoms with Crippen LogP contribution in [0.2, 0.25) is 0 Å². The second-order valence-electron chi connectivity index (χ2n) is 6.36. The number of nitrogens with one attached hydrogen (secondary N) is 1. The average molecular weight is 372 g/mol. The van der Waals surface area contributed by atoms with E-state index >= 15 is 0 Å². The predicted octanol–water partition coefficient (Wildman–Crippen LogP) is 1.97. The van der Waals surface area contributed by atoms with Gasteiger partial charge in [-0.3, -0.25) is 14.5 Å². The Hall–Kier alpha value is -2.64. The number of benzene rings is 1. The van der Waals surface area contributed by atoms with Crippen LogP contribution in [0.1, 0.15) is 27.9 Å². The van der Waals surface area contributed by atoms with Crippen LogP contribution < -0.4 is 10.1 Å². The summed E-state index contributed by atoms with van der Waals surface area (Å²) in [6.45, 7) is 5.04. The summed E-state index contributed by atoms with van der Waals surface area (Å²) in [5.41, 5.74) is 0.419. The minimum atomic E-state index is -0.253. The van der Waals surface area contributed by atoms with E-state index in [1.54, 1.807) is 24.3 Å². The largest absolute Gasteiger partial charge is 0.483 e. The highest BCUT2D eigenvalue weighted by Crippen LogP contribution is 2.23. The molecule has 0 saturated carbocycles. The highest BCUT2D eigenvalue weighted by atomic mass is 16.5. The lowest BCUT2D eigenvalue weighted by Crippen LogP contribution is -2.44. The number of nitrogens with zero attached hydrogens (tertiary/aromatic N) is 1. The molecular formula is C20H24N2O5. The molecule has 1 atom stereocenters. The zero-order valence-corrected chi connectivity index (χ0v) is 15.3. The molecule has 0 radical (unpaired) electrons. The lowest BCUT2D eigenvalue weighted by atomic mass is 10.1. The van der Waals surface area contributed by atoms with Crippen molar-refractivity contribution in [1.82, 2.24) is 10.2 Å². The van der Waals surface area contributed by atoms with Crippen LogP contribution in [-0.4, -0.2) is 56.5 Å². The maximum atomic E-state index is 12.2. The number of hydrogen-bond donors (Lipinski definition) is 1. The van der Waals surface area contributed by atoms with E-state index in [0.29, 0.717) is 37.4 Å². The van der Waals surface area contributed by atoms with Crippen LogP contribution in [0.5, 0.6) is 5.75 Å². The van der Waals surface area contributed by atoms with Crippen LogP contribution in [0.15, 0.2) is 40.8 Å². The van der Waals surface area contributed by atoms with Gasteiger partial charge in [0.05, 0.1) is 24.8 Å². The fraction of sp³-hybridized carbons (Fsp3) is 0.400. The van der Waals surface area contributed by atoms with Crippen LogP contribution >= 0.6 is 0 Å². The van der Waals surface area contributed by atoms with Crippen molar-refractivity contribution >= 4 is 12.2 Å². The molecule has 0 spiro atoms. The molecule has 7 heteroatoms. The van der Waals surface area contributed by atoms with E-state index in [0.717, 1.165) is 24.6 Å². The van der Waals surface area contributed by atoms with Crippen molar-refractivity contribution in [3.63, 3.8) is 0 Å². The van der Waals surface area contributed by atoms with Crippen molar-refractivity contribution in [2.24, 2.45) is 0 Å². The van der Waals surface area contributed by atoms with Gasteiger partial charge in [-0.15, -0.1) is 0 Å². The molecule has 144 valence electrons. The van der Waals surface area contributed by atoms with Gasteiger partial charge in [-0.25, -0.2) is 0 Å². The number of aldehydes is 1. The van der Waals surface area contributed by atoms with Crippen LogP contribution in [0.4, 0.5) is 0 Å². The second-order valence-corrected chi connectivity index (χ2v) is 6.36. The number of rotatable bonds is 8. The Labute approximate surface area is 158 Å². The maximum Gasteiger partial charge on any atom is 0.258 e. The quantitative estimate of drug-likeness (QED) is 0.714. The van der Waals surface area contributed by atoms with Gasteiger partial charge in [0, 0.05) is 19.6 Å². The minimum Gasteiger partial charge on any atom is -0.483 e. The number of amides is 1. The Bertz CT molecular complexity index is 767. The number of morpholine rings is 1. The molecule has 1 amide bonds. The highest BCUT2D eigenvalue weighted by Gasteiger charge is 2.25. The predicted molar refractivity (Wildman–Crippen MR) is 98.9 cm³/mol. The van der Waals surface area contributed by atoms with Gasteiger partial charge >= 0.3 is 0 Å². The Kier molecular flexibility index (Phi) is 6.62. The molecule has 27 heavy (non-hydrogen) atoms. The number of hydrogen-bond acceptors (Lipinski definition) is 6. The van der Waals surface area contributed by atoms with Crippen LogP contribution in [0.25, 0.3) is 0 Å². The number of aryl methyl sites for hydroxylation is 1. The van der Waals surface area contributed by atoms with Gasteiger partial charge in [0.1, 0.15) is 17.3 Å². The smallest absolute Gasteiger partial charge is 0.258 e. The first-order chi connectivity index (χ1) is 13.2. The zero-order valence-electron chi connectivity index (χ0n) is 15.3. The van der Waals surface area contributed by atoms with E-state index in [4.69, 9.17) is 13.9 Å². The molecule has 1 saturated heterocycles. The number of ether oxygens (including phenoxy) is 2. The third kappa shape index (κ3) is 5.18. The van der Waals surface area contributed by atoms with Gasteiger partial charge in [-0.05, 0) is 31.2 Å². The van der Waals surface area contributed by atoms with Crippen LogP contribution in [-0.2, 0) is 9.53 Å². The lowest BCUT2D eigenvalue weighted by molar-refractivity contribution is -0.123. The monoisotopic (exact) mass is 372 g/mol. The summed E-state index contributed by atoms with van der Waals surface area (Å²) in [7, 11) is 0. The normalized spacial score (nSPS) is 15.9. The van der Waals surface area contributed by atoms with E-state index in [9.17, 15) is 9.59 Å². The van der Waals surface area contributed by atoms with E-state index in [1.165, 1.54) is 0 Å². The fourth-order valence-corrected chi connectivity index (χ4v) is 3.05. The molecule has 0 aliphatic carbocycles. The van der Waals surface area contributed by atoms with Gasteiger partial charge in [0.25, 0.3) is 5.91 Å². The first kappa shape index (κ1) is 19.1. The van der Waals surface area contributed by atoms with Crippen molar-refractivity contribution in [3.05, 3.63) is 53.5 Å². The molecule has 1 N–H and O–H groups in total. The molecule has 1 aliphatic rings. The molecule has 0 bridgehead atoms. The van der Waals surface area contributed by atoms with Gasteiger partial charge in [0.2, 0.25) is 0 Å². The Morgan fingerprint density at radius 2 is 2.04 bits per heavy atom. The lowest BCUT2D eigenvalue weighted by Gasteiger charge is -2.33. The molecule has 1 fully saturated rings. The summed E-state index contributed by atoms with van der Waals surface area (Å²) in [6, 6.07) is 10.6. The van der Waals surface area contributed by atoms with Crippen molar-refractivity contribution in [2.75, 3.05) is 39.5 Å².